The summed E-state index contributed by atoms with van der Waals surface area (Å²) < 4.78 is 2.40. The molecule has 0 spiro atoms. The second-order valence-corrected chi connectivity index (χ2v) is 15.0. The number of rotatable bonds is 7. The molecule has 0 saturated heterocycles. The number of nitrogens with zero attached hydrogens (tertiary/aromatic N) is 2. The standard InChI is InChI=1S/C56H38N2/c1-3-15-41(16-4-1)51-22-9-11-24-54(51)57(50-32-33-53-52-23-10-12-25-55(52)58(56(53)38-50)48-19-5-2-6-20-48)49-21-13-18-43(37-49)45-30-27-40-28-31-46(36-47(40)35-45)44-29-26-39-14-7-8-17-42(39)34-44/h1-38H. The van der Waals surface area contributed by atoms with Crippen molar-refractivity contribution in [2.75, 3.05) is 4.90 Å². The Morgan fingerprint density at radius 2 is 0.845 bits per heavy atom. The summed E-state index contributed by atoms with van der Waals surface area (Å²) in [4.78, 5) is 2.43. The molecule has 0 aliphatic carbocycles. The fourth-order valence-corrected chi connectivity index (χ4v) is 8.71. The molecular weight excluding hydrogens is 701 g/mol. The zero-order valence-electron chi connectivity index (χ0n) is 31.8. The summed E-state index contributed by atoms with van der Waals surface area (Å²) in [6, 6.07) is 83.8. The molecule has 11 rings (SSSR count). The van der Waals surface area contributed by atoms with Crippen LogP contribution in [0.25, 0.3) is 82.4 Å². The molecule has 0 bridgehead atoms. The van der Waals surface area contributed by atoms with Gasteiger partial charge in [0.1, 0.15) is 0 Å². The molecule has 10 aromatic carbocycles. The van der Waals surface area contributed by atoms with Crippen molar-refractivity contribution in [2.45, 2.75) is 0 Å². The summed E-state index contributed by atoms with van der Waals surface area (Å²) in [5, 5.41) is 7.43. The largest absolute Gasteiger partial charge is 0.310 e. The van der Waals surface area contributed by atoms with Crippen LogP contribution in [0.5, 0.6) is 0 Å². The maximum absolute atomic E-state index is 2.43. The van der Waals surface area contributed by atoms with E-state index < -0.39 is 0 Å². The highest BCUT2D eigenvalue weighted by Gasteiger charge is 2.20. The van der Waals surface area contributed by atoms with Crippen LogP contribution in [0.4, 0.5) is 17.1 Å². The minimum atomic E-state index is 1.09. The van der Waals surface area contributed by atoms with E-state index in [1.54, 1.807) is 0 Å². The first kappa shape index (κ1) is 33.6. The molecule has 0 N–H and O–H groups in total. The first-order chi connectivity index (χ1) is 28.7. The zero-order valence-corrected chi connectivity index (χ0v) is 31.8. The van der Waals surface area contributed by atoms with Gasteiger partial charge in [-0.2, -0.15) is 0 Å². The number of benzene rings is 10. The predicted molar refractivity (Wildman–Crippen MR) is 247 cm³/mol. The van der Waals surface area contributed by atoms with E-state index in [0.717, 1.165) is 28.3 Å². The van der Waals surface area contributed by atoms with Gasteiger partial charge in [0.15, 0.2) is 0 Å². The van der Waals surface area contributed by atoms with Crippen molar-refractivity contribution in [3.63, 3.8) is 0 Å². The normalized spacial score (nSPS) is 11.4. The van der Waals surface area contributed by atoms with Crippen LogP contribution in [-0.2, 0) is 0 Å². The predicted octanol–water partition coefficient (Wildman–Crippen LogP) is 15.6. The summed E-state index contributed by atoms with van der Waals surface area (Å²) in [6.07, 6.45) is 0. The molecule has 0 radical (unpaired) electrons. The van der Waals surface area contributed by atoms with Gasteiger partial charge in [-0.1, -0.05) is 164 Å². The summed E-state index contributed by atoms with van der Waals surface area (Å²) in [5.74, 6) is 0. The highest BCUT2D eigenvalue weighted by atomic mass is 15.1. The van der Waals surface area contributed by atoms with Crippen molar-refractivity contribution in [1.82, 2.24) is 4.57 Å². The Morgan fingerprint density at radius 1 is 0.293 bits per heavy atom. The van der Waals surface area contributed by atoms with Gasteiger partial charge in [-0.15, -0.1) is 0 Å². The van der Waals surface area contributed by atoms with Crippen LogP contribution in [0.2, 0.25) is 0 Å². The Balaban J connectivity index is 1.08. The Labute approximate surface area is 338 Å². The molecule has 11 aromatic rings. The van der Waals surface area contributed by atoms with E-state index in [9.17, 15) is 0 Å². The fraction of sp³-hybridized carbons (Fsp3) is 0. The van der Waals surface area contributed by atoms with Crippen LogP contribution >= 0.6 is 0 Å². The number of hydrogen-bond donors (Lipinski definition) is 0. The Morgan fingerprint density at radius 3 is 1.62 bits per heavy atom. The maximum Gasteiger partial charge on any atom is 0.0561 e. The van der Waals surface area contributed by atoms with Crippen LogP contribution < -0.4 is 4.90 Å². The minimum Gasteiger partial charge on any atom is -0.310 e. The van der Waals surface area contributed by atoms with Gasteiger partial charge in [0.2, 0.25) is 0 Å². The number of fused-ring (bicyclic) bond motifs is 5. The van der Waals surface area contributed by atoms with Crippen LogP contribution in [0, 0.1) is 0 Å². The molecule has 58 heavy (non-hydrogen) atoms. The van der Waals surface area contributed by atoms with Gasteiger partial charge in [0, 0.05) is 33.4 Å². The van der Waals surface area contributed by atoms with Gasteiger partial charge >= 0.3 is 0 Å². The van der Waals surface area contributed by atoms with Gasteiger partial charge in [-0.25, -0.2) is 0 Å². The lowest BCUT2D eigenvalue weighted by molar-refractivity contribution is 1.18. The fourth-order valence-electron chi connectivity index (χ4n) is 8.71. The van der Waals surface area contributed by atoms with Crippen molar-refractivity contribution >= 4 is 60.4 Å². The first-order valence-electron chi connectivity index (χ1n) is 19.9. The van der Waals surface area contributed by atoms with Gasteiger partial charge in [-0.05, 0) is 116 Å². The van der Waals surface area contributed by atoms with Crippen molar-refractivity contribution < 1.29 is 0 Å². The third-order valence-electron chi connectivity index (χ3n) is 11.5. The molecule has 0 fully saturated rings. The molecule has 272 valence electrons. The number of aromatic nitrogens is 1. The van der Waals surface area contributed by atoms with Crippen LogP contribution in [0.3, 0.4) is 0 Å². The minimum absolute atomic E-state index is 1.09. The number of para-hydroxylation sites is 3. The summed E-state index contributed by atoms with van der Waals surface area (Å²) in [5.41, 5.74) is 13.9. The number of anilines is 3. The van der Waals surface area contributed by atoms with Crippen molar-refractivity contribution in [2.24, 2.45) is 0 Å². The van der Waals surface area contributed by atoms with Crippen molar-refractivity contribution in [3.8, 4) is 39.1 Å². The average molecular weight is 739 g/mol. The van der Waals surface area contributed by atoms with Gasteiger partial charge in [0.05, 0.1) is 16.7 Å². The lowest BCUT2D eigenvalue weighted by Gasteiger charge is -2.28. The molecule has 0 amide bonds. The summed E-state index contributed by atoms with van der Waals surface area (Å²) in [6.45, 7) is 0. The molecule has 0 aliphatic heterocycles. The molecule has 2 nitrogen and oxygen atoms in total. The van der Waals surface area contributed by atoms with E-state index in [2.05, 4.69) is 240 Å². The summed E-state index contributed by atoms with van der Waals surface area (Å²) in [7, 11) is 0. The molecule has 0 saturated carbocycles. The van der Waals surface area contributed by atoms with E-state index in [4.69, 9.17) is 0 Å². The Hall–Kier alpha value is -7.68. The zero-order chi connectivity index (χ0) is 38.4. The second-order valence-electron chi connectivity index (χ2n) is 15.0. The molecule has 0 atom stereocenters. The van der Waals surface area contributed by atoms with E-state index in [0.29, 0.717) is 0 Å². The van der Waals surface area contributed by atoms with E-state index in [1.165, 1.54) is 71.2 Å². The monoisotopic (exact) mass is 738 g/mol. The highest BCUT2D eigenvalue weighted by Crippen LogP contribution is 2.44. The molecule has 1 heterocycles. The molecule has 0 unspecified atom stereocenters. The molecular formula is C56H38N2. The molecule has 0 aliphatic rings. The van der Waals surface area contributed by atoms with Crippen LogP contribution in [-0.4, -0.2) is 4.57 Å². The number of hydrogen-bond acceptors (Lipinski definition) is 1. The van der Waals surface area contributed by atoms with Gasteiger partial charge in [-0.3, -0.25) is 0 Å². The lowest BCUT2D eigenvalue weighted by atomic mass is 9.96. The van der Waals surface area contributed by atoms with Crippen molar-refractivity contribution in [3.05, 3.63) is 231 Å². The van der Waals surface area contributed by atoms with Crippen LogP contribution in [0.15, 0.2) is 231 Å². The van der Waals surface area contributed by atoms with Gasteiger partial charge < -0.3 is 9.47 Å². The second kappa shape index (κ2) is 14.1. The molecule has 2 heteroatoms. The van der Waals surface area contributed by atoms with E-state index in [1.807, 2.05) is 0 Å². The molecule has 1 aromatic heterocycles. The van der Waals surface area contributed by atoms with E-state index >= 15 is 0 Å². The smallest absolute Gasteiger partial charge is 0.0561 e. The third-order valence-corrected chi connectivity index (χ3v) is 11.5. The Bertz CT molecular complexity index is 3290. The topological polar surface area (TPSA) is 8.17 Å². The lowest BCUT2D eigenvalue weighted by Crippen LogP contribution is -2.11. The first-order valence-corrected chi connectivity index (χ1v) is 19.9. The highest BCUT2D eigenvalue weighted by molar-refractivity contribution is 6.10. The third kappa shape index (κ3) is 5.91. The van der Waals surface area contributed by atoms with Crippen molar-refractivity contribution in [1.29, 1.82) is 0 Å². The quantitative estimate of drug-likeness (QED) is 0.158. The van der Waals surface area contributed by atoms with E-state index in [-0.39, 0.29) is 0 Å². The van der Waals surface area contributed by atoms with Gasteiger partial charge in [0.25, 0.3) is 0 Å². The summed E-state index contributed by atoms with van der Waals surface area (Å²) >= 11 is 0. The maximum atomic E-state index is 2.43. The Kier molecular flexibility index (Phi) is 8.19. The average Bonchev–Trinajstić information content (AvgIpc) is 3.63. The SMILES string of the molecule is c1ccc(-c2ccccc2N(c2cccc(-c3ccc4ccc(-c5ccc6ccccc6c5)cc4c3)c2)c2ccc3c4ccccc4n(-c4ccccc4)c3c2)cc1. The van der Waals surface area contributed by atoms with Crippen LogP contribution in [0.1, 0.15) is 0 Å².